The highest BCUT2D eigenvalue weighted by Crippen LogP contribution is 2.32. The SMILES string of the molecule is CC[C@H](C)NC(=O)[C@@H](Cc1ccccc1)N(Cc1cccc(OC)c1)C(=O)CN(c1cccc(C(F)(F)F)c1)S(C)(=O)=O. The van der Waals surface area contributed by atoms with Crippen LogP contribution in [-0.4, -0.2) is 57.1 Å². The van der Waals surface area contributed by atoms with Gasteiger partial charge in [0.2, 0.25) is 21.8 Å². The van der Waals surface area contributed by atoms with Crippen molar-refractivity contribution in [3.05, 3.63) is 95.6 Å². The molecule has 0 saturated carbocycles. The zero-order valence-corrected chi connectivity index (χ0v) is 25.3. The van der Waals surface area contributed by atoms with Crippen molar-refractivity contribution < 1.29 is 35.9 Å². The van der Waals surface area contributed by atoms with Gasteiger partial charge >= 0.3 is 6.18 Å². The number of halogens is 3. The molecule has 0 aromatic heterocycles. The minimum Gasteiger partial charge on any atom is -0.497 e. The van der Waals surface area contributed by atoms with E-state index in [0.717, 1.165) is 24.0 Å². The fourth-order valence-electron chi connectivity index (χ4n) is 4.41. The van der Waals surface area contributed by atoms with Gasteiger partial charge < -0.3 is 15.0 Å². The van der Waals surface area contributed by atoms with Gasteiger partial charge in [-0.2, -0.15) is 13.2 Å². The van der Waals surface area contributed by atoms with Crippen LogP contribution < -0.4 is 14.4 Å². The largest absolute Gasteiger partial charge is 0.497 e. The lowest BCUT2D eigenvalue weighted by Gasteiger charge is -2.34. The summed E-state index contributed by atoms with van der Waals surface area (Å²) in [4.78, 5) is 29.1. The van der Waals surface area contributed by atoms with Crippen LogP contribution in [0, 0.1) is 0 Å². The molecule has 0 radical (unpaired) electrons. The molecular weight excluding hydrogens is 583 g/mol. The zero-order chi connectivity index (χ0) is 31.8. The smallest absolute Gasteiger partial charge is 0.416 e. The Bertz CT molecular complexity index is 1500. The first-order chi connectivity index (χ1) is 20.2. The van der Waals surface area contributed by atoms with Crippen molar-refractivity contribution in [2.24, 2.45) is 0 Å². The third kappa shape index (κ3) is 9.47. The van der Waals surface area contributed by atoms with Crippen molar-refractivity contribution in [2.45, 2.75) is 51.5 Å². The molecule has 3 aromatic rings. The highest BCUT2D eigenvalue weighted by Gasteiger charge is 2.35. The second kappa shape index (κ2) is 14.4. The number of carbonyl (C=O) groups excluding carboxylic acids is 2. The maximum Gasteiger partial charge on any atom is 0.416 e. The van der Waals surface area contributed by atoms with Gasteiger partial charge in [-0.1, -0.05) is 55.5 Å². The van der Waals surface area contributed by atoms with E-state index in [2.05, 4.69) is 5.32 Å². The first kappa shape index (κ1) is 33.4. The Labute approximate surface area is 250 Å². The van der Waals surface area contributed by atoms with Gasteiger partial charge in [-0.25, -0.2) is 8.42 Å². The van der Waals surface area contributed by atoms with Crippen molar-refractivity contribution in [3.63, 3.8) is 0 Å². The van der Waals surface area contributed by atoms with Gasteiger partial charge in [0.05, 0.1) is 24.6 Å². The Morgan fingerprint density at radius 3 is 2.21 bits per heavy atom. The predicted molar refractivity (Wildman–Crippen MR) is 159 cm³/mol. The second-order valence-corrected chi connectivity index (χ2v) is 12.1. The van der Waals surface area contributed by atoms with Gasteiger partial charge in [0.1, 0.15) is 18.3 Å². The molecule has 0 spiro atoms. The number of ether oxygens (including phenoxy) is 1. The number of nitrogens with zero attached hydrogens (tertiary/aromatic N) is 2. The Hall–Kier alpha value is -4.06. The predicted octanol–water partition coefficient (Wildman–Crippen LogP) is 5.03. The number of amides is 2. The highest BCUT2D eigenvalue weighted by atomic mass is 32.2. The molecule has 12 heteroatoms. The van der Waals surface area contributed by atoms with E-state index in [9.17, 15) is 31.2 Å². The maximum absolute atomic E-state index is 14.1. The van der Waals surface area contributed by atoms with Gasteiger partial charge in [-0.05, 0) is 54.8 Å². The highest BCUT2D eigenvalue weighted by molar-refractivity contribution is 7.92. The van der Waals surface area contributed by atoms with Crippen molar-refractivity contribution in [1.82, 2.24) is 10.2 Å². The van der Waals surface area contributed by atoms with Crippen molar-refractivity contribution in [1.29, 1.82) is 0 Å². The van der Waals surface area contributed by atoms with Crippen LogP contribution in [0.3, 0.4) is 0 Å². The summed E-state index contributed by atoms with van der Waals surface area (Å²) in [5.41, 5.74) is -0.0231. The van der Waals surface area contributed by atoms with Crippen molar-refractivity contribution >= 4 is 27.5 Å². The van der Waals surface area contributed by atoms with Crippen LogP contribution in [0.1, 0.15) is 37.0 Å². The third-order valence-corrected chi connectivity index (χ3v) is 8.04. The maximum atomic E-state index is 14.1. The van der Waals surface area contributed by atoms with E-state index in [1.54, 1.807) is 36.4 Å². The number of hydrogen-bond donors (Lipinski definition) is 1. The molecule has 0 fully saturated rings. The first-order valence-corrected chi connectivity index (χ1v) is 15.5. The van der Waals surface area contributed by atoms with Gasteiger partial charge in [-0.15, -0.1) is 0 Å². The lowest BCUT2D eigenvalue weighted by atomic mass is 10.0. The molecule has 0 aliphatic heterocycles. The minimum atomic E-state index is -4.73. The molecule has 3 rings (SSSR count). The average Bonchev–Trinajstić information content (AvgIpc) is 2.97. The topological polar surface area (TPSA) is 96.0 Å². The van der Waals surface area contributed by atoms with Crippen LogP contribution in [0.2, 0.25) is 0 Å². The summed E-state index contributed by atoms with van der Waals surface area (Å²) in [7, 11) is -2.74. The molecule has 1 N–H and O–H groups in total. The van der Waals surface area contributed by atoms with Crippen LogP contribution in [0.5, 0.6) is 5.75 Å². The molecule has 0 bridgehead atoms. The monoisotopic (exact) mass is 619 g/mol. The lowest BCUT2D eigenvalue weighted by molar-refractivity contribution is -0.140. The van der Waals surface area contributed by atoms with Crippen LogP contribution in [-0.2, 0) is 38.8 Å². The Morgan fingerprint density at radius 1 is 0.953 bits per heavy atom. The van der Waals surface area contributed by atoms with Crippen LogP contribution in [0.25, 0.3) is 0 Å². The standard InChI is InChI=1S/C31H36F3N3O5S/c1-5-22(2)35-30(39)28(18-23-11-7-6-8-12-23)36(20-24-13-9-16-27(17-24)42-3)29(38)21-37(43(4,40)41)26-15-10-14-25(19-26)31(32,33)34/h6-17,19,22,28H,5,18,20-21H2,1-4H3,(H,35,39)/t22-,28+/m0/s1. The van der Waals surface area contributed by atoms with Crippen molar-refractivity contribution in [3.8, 4) is 5.75 Å². The summed E-state index contributed by atoms with van der Waals surface area (Å²) in [6.07, 6.45) is -3.17. The number of carbonyl (C=O) groups is 2. The molecule has 2 atom stereocenters. The number of anilines is 1. The quantitative estimate of drug-likeness (QED) is 0.290. The Morgan fingerprint density at radius 2 is 1.60 bits per heavy atom. The van der Waals surface area contributed by atoms with Gasteiger partial charge in [-0.3, -0.25) is 13.9 Å². The second-order valence-electron chi connectivity index (χ2n) is 10.2. The molecule has 3 aromatic carbocycles. The summed E-state index contributed by atoms with van der Waals surface area (Å²) in [6.45, 7) is 2.80. The molecule has 232 valence electrons. The molecule has 2 amide bonds. The van der Waals surface area contributed by atoms with E-state index in [0.29, 0.717) is 28.1 Å². The van der Waals surface area contributed by atoms with Crippen LogP contribution in [0.15, 0.2) is 78.9 Å². The number of alkyl halides is 3. The Balaban J connectivity index is 2.10. The molecular formula is C31H36F3N3O5S. The number of hydrogen-bond acceptors (Lipinski definition) is 5. The molecule has 8 nitrogen and oxygen atoms in total. The van der Waals surface area contributed by atoms with E-state index in [-0.39, 0.29) is 24.7 Å². The van der Waals surface area contributed by atoms with Gasteiger partial charge in [0, 0.05) is 19.0 Å². The number of methoxy groups -OCH3 is 1. The number of sulfonamides is 1. The third-order valence-electron chi connectivity index (χ3n) is 6.90. The fourth-order valence-corrected chi connectivity index (χ4v) is 5.26. The van der Waals surface area contributed by atoms with E-state index in [4.69, 9.17) is 4.74 Å². The fraction of sp³-hybridized carbons (Fsp3) is 0.355. The number of rotatable bonds is 13. The lowest BCUT2D eigenvalue weighted by Crippen LogP contribution is -2.54. The number of nitrogens with one attached hydrogen (secondary N) is 1. The summed E-state index contributed by atoms with van der Waals surface area (Å²) in [5, 5.41) is 2.92. The molecule has 43 heavy (non-hydrogen) atoms. The van der Waals surface area contributed by atoms with E-state index in [1.165, 1.54) is 18.1 Å². The van der Waals surface area contributed by atoms with E-state index < -0.39 is 46.2 Å². The van der Waals surface area contributed by atoms with E-state index >= 15 is 0 Å². The first-order valence-electron chi connectivity index (χ1n) is 13.6. The number of benzene rings is 3. The van der Waals surface area contributed by atoms with Crippen LogP contribution in [0.4, 0.5) is 18.9 Å². The summed E-state index contributed by atoms with van der Waals surface area (Å²) < 4.78 is 72.0. The molecule has 0 unspecified atom stereocenters. The van der Waals surface area contributed by atoms with E-state index in [1.807, 2.05) is 32.0 Å². The minimum absolute atomic E-state index is 0.0956. The van der Waals surface area contributed by atoms with Gasteiger partial charge in [0.15, 0.2) is 0 Å². The zero-order valence-electron chi connectivity index (χ0n) is 24.5. The summed E-state index contributed by atoms with van der Waals surface area (Å²) in [6, 6.07) is 18.4. The summed E-state index contributed by atoms with van der Waals surface area (Å²) in [5.74, 6) is -0.708. The molecule has 0 saturated heterocycles. The molecule has 0 heterocycles. The normalized spacial score (nSPS) is 13.1. The van der Waals surface area contributed by atoms with Gasteiger partial charge in [0.25, 0.3) is 0 Å². The molecule has 0 aliphatic rings. The van der Waals surface area contributed by atoms with Crippen molar-refractivity contribution in [2.75, 3.05) is 24.2 Å². The Kier molecular flexibility index (Phi) is 11.2. The molecule has 0 aliphatic carbocycles. The summed E-state index contributed by atoms with van der Waals surface area (Å²) >= 11 is 0. The average molecular weight is 620 g/mol. The van der Waals surface area contributed by atoms with Crippen LogP contribution >= 0.6 is 0 Å².